The van der Waals surface area contributed by atoms with E-state index in [0.29, 0.717) is 12.1 Å². The fraction of sp³-hybridized carbons (Fsp3) is 0.533. The van der Waals surface area contributed by atoms with Crippen molar-refractivity contribution in [3.63, 3.8) is 0 Å². The molecule has 1 aromatic rings. The highest BCUT2D eigenvalue weighted by Crippen LogP contribution is 2.34. The molecule has 0 unspecified atom stereocenters. The van der Waals surface area contributed by atoms with E-state index in [1.54, 1.807) is 26.8 Å². The number of rotatable bonds is 2. The first-order valence-corrected chi connectivity index (χ1v) is 6.71. The summed E-state index contributed by atoms with van der Waals surface area (Å²) in [5.74, 6) is -0.724. The van der Waals surface area contributed by atoms with Crippen LogP contribution in [0.3, 0.4) is 0 Å². The standard InChI is InChI=1S/C15H18F3NO2/c1-14(2,3)21-13(20)12-11(8-19-12)9-5-4-6-10(7-9)15(16,17)18/h4-7,11-12,19H,8H2,1-3H3/t11-,12+/m0/s1. The van der Waals surface area contributed by atoms with Crippen LogP contribution in [-0.2, 0) is 15.7 Å². The van der Waals surface area contributed by atoms with Crippen molar-refractivity contribution in [3.8, 4) is 0 Å². The van der Waals surface area contributed by atoms with Crippen molar-refractivity contribution in [1.29, 1.82) is 0 Å². The SMILES string of the molecule is CC(C)(C)OC(=O)[C@@H]1NC[C@H]1c1cccc(C(F)(F)F)c1. The number of halogens is 3. The average molecular weight is 301 g/mol. The predicted octanol–water partition coefficient (Wildman–Crippen LogP) is 3.10. The van der Waals surface area contributed by atoms with E-state index in [0.717, 1.165) is 12.1 Å². The van der Waals surface area contributed by atoms with E-state index >= 15 is 0 Å². The zero-order chi connectivity index (χ0) is 15.8. The monoisotopic (exact) mass is 301 g/mol. The molecule has 21 heavy (non-hydrogen) atoms. The molecule has 0 saturated carbocycles. The van der Waals surface area contributed by atoms with Crippen LogP contribution in [-0.4, -0.2) is 24.2 Å². The molecule has 116 valence electrons. The number of hydrogen-bond donors (Lipinski definition) is 1. The van der Waals surface area contributed by atoms with Gasteiger partial charge in [0.2, 0.25) is 0 Å². The van der Waals surface area contributed by atoms with Crippen LogP contribution in [0, 0.1) is 0 Å². The normalized spacial score (nSPS) is 22.6. The van der Waals surface area contributed by atoms with Crippen LogP contribution in [0.5, 0.6) is 0 Å². The van der Waals surface area contributed by atoms with Crippen molar-refractivity contribution >= 4 is 5.97 Å². The minimum absolute atomic E-state index is 0.290. The van der Waals surface area contributed by atoms with Gasteiger partial charge < -0.3 is 10.1 Å². The average Bonchev–Trinajstić information content (AvgIpc) is 2.23. The number of carbonyl (C=O) groups excluding carboxylic acids is 1. The summed E-state index contributed by atoms with van der Waals surface area (Å²) < 4.78 is 43.4. The highest BCUT2D eigenvalue weighted by Gasteiger charge is 2.40. The van der Waals surface area contributed by atoms with Gasteiger partial charge >= 0.3 is 12.1 Å². The minimum atomic E-state index is -4.38. The molecule has 0 aliphatic carbocycles. The van der Waals surface area contributed by atoms with Gasteiger partial charge in [-0.25, -0.2) is 0 Å². The first-order valence-electron chi connectivity index (χ1n) is 6.71. The number of ether oxygens (including phenoxy) is 1. The number of nitrogens with one attached hydrogen (secondary N) is 1. The van der Waals surface area contributed by atoms with Gasteiger partial charge in [-0.2, -0.15) is 13.2 Å². The maximum absolute atomic E-state index is 12.7. The number of carbonyl (C=O) groups is 1. The zero-order valence-corrected chi connectivity index (χ0v) is 12.1. The summed E-state index contributed by atoms with van der Waals surface area (Å²) in [5, 5.41) is 2.92. The molecule has 1 N–H and O–H groups in total. The quantitative estimate of drug-likeness (QED) is 0.853. The van der Waals surface area contributed by atoms with Crippen molar-refractivity contribution in [3.05, 3.63) is 35.4 Å². The summed E-state index contributed by atoms with van der Waals surface area (Å²) in [5.41, 5.74) is -0.818. The van der Waals surface area contributed by atoms with Gasteiger partial charge in [0.05, 0.1) is 5.56 Å². The molecule has 0 aromatic heterocycles. The highest BCUT2D eigenvalue weighted by molar-refractivity contribution is 5.79. The van der Waals surface area contributed by atoms with Gasteiger partial charge in [-0.1, -0.05) is 18.2 Å². The Labute approximate surface area is 121 Å². The summed E-state index contributed by atoms with van der Waals surface area (Å²) in [6, 6.07) is 4.51. The van der Waals surface area contributed by atoms with Gasteiger partial charge in [0.15, 0.2) is 0 Å². The lowest BCUT2D eigenvalue weighted by Crippen LogP contribution is -2.57. The van der Waals surface area contributed by atoms with E-state index in [2.05, 4.69) is 5.32 Å². The summed E-state index contributed by atoms with van der Waals surface area (Å²) in [6.07, 6.45) is -4.38. The van der Waals surface area contributed by atoms with Gasteiger partial charge in [0.1, 0.15) is 11.6 Å². The summed E-state index contributed by atoms with van der Waals surface area (Å²) >= 11 is 0. The highest BCUT2D eigenvalue weighted by atomic mass is 19.4. The van der Waals surface area contributed by atoms with Gasteiger partial charge in [0, 0.05) is 12.5 Å². The van der Waals surface area contributed by atoms with Crippen LogP contribution in [0.1, 0.15) is 37.8 Å². The smallest absolute Gasteiger partial charge is 0.416 e. The Morgan fingerprint density at radius 2 is 1.95 bits per heavy atom. The molecule has 0 spiro atoms. The molecule has 0 bridgehead atoms. The Morgan fingerprint density at radius 3 is 2.43 bits per heavy atom. The molecular formula is C15H18F3NO2. The fourth-order valence-electron chi connectivity index (χ4n) is 2.22. The van der Waals surface area contributed by atoms with E-state index in [1.165, 1.54) is 6.07 Å². The predicted molar refractivity (Wildman–Crippen MR) is 71.8 cm³/mol. The van der Waals surface area contributed by atoms with Gasteiger partial charge in [0.25, 0.3) is 0 Å². The first kappa shape index (κ1) is 15.8. The van der Waals surface area contributed by atoms with E-state index in [-0.39, 0.29) is 5.92 Å². The molecule has 1 aliphatic heterocycles. The molecule has 0 radical (unpaired) electrons. The van der Waals surface area contributed by atoms with Crippen LogP contribution < -0.4 is 5.32 Å². The molecule has 1 fully saturated rings. The molecule has 1 aromatic carbocycles. The van der Waals surface area contributed by atoms with E-state index in [4.69, 9.17) is 4.74 Å². The number of hydrogen-bond acceptors (Lipinski definition) is 3. The summed E-state index contributed by atoms with van der Waals surface area (Å²) in [4.78, 5) is 12.0. The summed E-state index contributed by atoms with van der Waals surface area (Å²) in [6.45, 7) is 5.72. The number of alkyl halides is 3. The molecule has 0 amide bonds. The second-order valence-corrected chi connectivity index (χ2v) is 6.15. The molecule has 1 aliphatic rings. The molecule has 2 rings (SSSR count). The largest absolute Gasteiger partial charge is 0.459 e. The molecular weight excluding hydrogens is 283 g/mol. The van der Waals surface area contributed by atoms with Crippen LogP contribution >= 0.6 is 0 Å². The third-order valence-corrected chi connectivity index (χ3v) is 3.26. The van der Waals surface area contributed by atoms with E-state index in [1.807, 2.05) is 0 Å². The minimum Gasteiger partial charge on any atom is -0.459 e. The van der Waals surface area contributed by atoms with E-state index in [9.17, 15) is 18.0 Å². The van der Waals surface area contributed by atoms with Gasteiger partial charge in [-0.05, 0) is 32.4 Å². The fourth-order valence-corrected chi connectivity index (χ4v) is 2.22. The topological polar surface area (TPSA) is 38.3 Å². The Balaban J connectivity index is 2.14. The van der Waals surface area contributed by atoms with Crippen LogP contribution in [0.2, 0.25) is 0 Å². The molecule has 2 atom stereocenters. The van der Waals surface area contributed by atoms with Gasteiger partial charge in [-0.3, -0.25) is 4.79 Å². The molecule has 1 heterocycles. The van der Waals surface area contributed by atoms with Crippen molar-refractivity contribution < 1.29 is 22.7 Å². The maximum Gasteiger partial charge on any atom is 0.416 e. The Bertz CT molecular complexity index is 534. The lowest BCUT2D eigenvalue weighted by Gasteiger charge is -2.38. The van der Waals surface area contributed by atoms with Crippen LogP contribution in [0.15, 0.2) is 24.3 Å². The van der Waals surface area contributed by atoms with E-state index < -0.39 is 29.4 Å². The Kier molecular flexibility index (Phi) is 4.02. The Hall–Kier alpha value is -1.56. The van der Waals surface area contributed by atoms with Crippen LogP contribution in [0.25, 0.3) is 0 Å². The lowest BCUT2D eigenvalue weighted by atomic mass is 9.84. The van der Waals surface area contributed by atoms with Crippen molar-refractivity contribution in [1.82, 2.24) is 5.32 Å². The maximum atomic E-state index is 12.7. The number of esters is 1. The third kappa shape index (κ3) is 3.75. The summed E-state index contributed by atoms with van der Waals surface area (Å²) in [7, 11) is 0. The second kappa shape index (κ2) is 5.33. The van der Waals surface area contributed by atoms with Crippen molar-refractivity contribution in [2.24, 2.45) is 0 Å². The van der Waals surface area contributed by atoms with Crippen molar-refractivity contribution in [2.45, 2.75) is 44.5 Å². The third-order valence-electron chi connectivity index (χ3n) is 3.26. The second-order valence-electron chi connectivity index (χ2n) is 6.15. The molecule has 1 saturated heterocycles. The molecule has 3 nitrogen and oxygen atoms in total. The Morgan fingerprint density at radius 1 is 1.29 bits per heavy atom. The first-order chi connectivity index (χ1) is 9.58. The zero-order valence-electron chi connectivity index (χ0n) is 12.1. The molecule has 6 heteroatoms. The van der Waals surface area contributed by atoms with Gasteiger partial charge in [-0.15, -0.1) is 0 Å². The van der Waals surface area contributed by atoms with Crippen LogP contribution in [0.4, 0.5) is 13.2 Å². The number of benzene rings is 1. The van der Waals surface area contributed by atoms with Crippen molar-refractivity contribution in [2.75, 3.05) is 6.54 Å². The lowest BCUT2D eigenvalue weighted by molar-refractivity contribution is -0.160.